The van der Waals surface area contributed by atoms with Crippen LogP contribution in [-0.4, -0.2) is 26.8 Å². The van der Waals surface area contributed by atoms with Crippen LogP contribution >= 0.6 is 0 Å². The molecule has 0 aliphatic rings. The summed E-state index contributed by atoms with van der Waals surface area (Å²) in [6.07, 6.45) is 7.31. The van der Waals surface area contributed by atoms with E-state index in [2.05, 4.69) is 26.5 Å². The predicted molar refractivity (Wildman–Crippen MR) is 81.8 cm³/mol. The fraction of sp³-hybridized carbons (Fsp3) is 0.267. The number of nitrogens with one attached hydrogen (secondary N) is 2. The van der Waals surface area contributed by atoms with Crippen molar-refractivity contribution >= 4 is 16.7 Å². The lowest BCUT2D eigenvalue weighted by molar-refractivity contribution is 0.419. The minimum atomic E-state index is -0.677. The molecule has 0 fully saturated rings. The van der Waals surface area contributed by atoms with E-state index in [4.69, 9.17) is 0 Å². The van der Waals surface area contributed by atoms with Crippen LogP contribution in [0.1, 0.15) is 13.8 Å². The van der Waals surface area contributed by atoms with Crippen molar-refractivity contribution in [2.45, 2.75) is 19.4 Å². The fourth-order valence-electron chi connectivity index (χ4n) is 2.31. The standard InChI is InChI=1S/C15H16N6/c1-15(2,9-16)21-8-10(6-20-21)12-7-19-14-11(4-5-18-14)13(12)17-3/h4-8H,1-3H3,(H2,17,18,19). The van der Waals surface area contributed by atoms with E-state index in [1.54, 1.807) is 10.9 Å². The summed E-state index contributed by atoms with van der Waals surface area (Å²) in [5.41, 5.74) is 3.05. The van der Waals surface area contributed by atoms with Gasteiger partial charge in [-0.15, -0.1) is 0 Å². The lowest BCUT2D eigenvalue weighted by Gasteiger charge is -2.15. The van der Waals surface area contributed by atoms with Crippen LogP contribution in [0.15, 0.2) is 30.9 Å². The molecule has 21 heavy (non-hydrogen) atoms. The van der Waals surface area contributed by atoms with Gasteiger partial charge in [-0.3, -0.25) is 4.68 Å². The summed E-state index contributed by atoms with van der Waals surface area (Å²) in [5.74, 6) is 0. The molecule has 6 heteroatoms. The average molecular weight is 280 g/mol. The minimum absolute atomic E-state index is 0.677. The number of pyridine rings is 1. The molecular weight excluding hydrogens is 264 g/mol. The van der Waals surface area contributed by atoms with Gasteiger partial charge in [0.05, 0.1) is 18.0 Å². The molecule has 0 amide bonds. The number of hydrogen-bond donors (Lipinski definition) is 2. The number of nitriles is 1. The van der Waals surface area contributed by atoms with Gasteiger partial charge in [0.25, 0.3) is 0 Å². The second kappa shape index (κ2) is 4.63. The maximum absolute atomic E-state index is 9.20. The minimum Gasteiger partial charge on any atom is -0.387 e. The molecule has 3 heterocycles. The van der Waals surface area contributed by atoms with Crippen molar-refractivity contribution in [1.29, 1.82) is 5.26 Å². The van der Waals surface area contributed by atoms with Crippen LogP contribution in [0, 0.1) is 11.3 Å². The molecule has 0 unspecified atom stereocenters. The number of anilines is 1. The number of aromatic nitrogens is 4. The number of rotatable bonds is 3. The van der Waals surface area contributed by atoms with Crippen molar-refractivity contribution in [2.24, 2.45) is 0 Å². The van der Waals surface area contributed by atoms with Gasteiger partial charge in [0.2, 0.25) is 0 Å². The van der Waals surface area contributed by atoms with E-state index in [1.807, 2.05) is 45.6 Å². The number of nitrogens with zero attached hydrogens (tertiary/aromatic N) is 4. The van der Waals surface area contributed by atoms with E-state index < -0.39 is 5.54 Å². The molecule has 3 aromatic rings. The third-order valence-corrected chi connectivity index (χ3v) is 3.58. The molecule has 3 rings (SSSR count). The Bertz CT molecular complexity index is 833. The van der Waals surface area contributed by atoms with Crippen LogP contribution in [0.5, 0.6) is 0 Å². The van der Waals surface area contributed by atoms with Crippen molar-refractivity contribution < 1.29 is 0 Å². The van der Waals surface area contributed by atoms with Crippen molar-refractivity contribution in [1.82, 2.24) is 19.7 Å². The Morgan fingerprint density at radius 1 is 1.38 bits per heavy atom. The van der Waals surface area contributed by atoms with Gasteiger partial charge in [0.15, 0.2) is 0 Å². The lowest BCUT2D eigenvalue weighted by Crippen LogP contribution is -2.24. The van der Waals surface area contributed by atoms with Crippen molar-refractivity contribution in [3.8, 4) is 17.2 Å². The number of H-pyrrole nitrogens is 1. The number of fused-ring (bicyclic) bond motifs is 1. The van der Waals surface area contributed by atoms with Crippen molar-refractivity contribution in [3.05, 3.63) is 30.9 Å². The molecule has 0 saturated heterocycles. The first-order chi connectivity index (χ1) is 10.1. The van der Waals surface area contributed by atoms with E-state index in [-0.39, 0.29) is 0 Å². The molecule has 3 aromatic heterocycles. The van der Waals surface area contributed by atoms with Crippen LogP contribution < -0.4 is 5.32 Å². The lowest BCUT2D eigenvalue weighted by atomic mass is 10.1. The summed E-state index contributed by atoms with van der Waals surface area (Å²) in [5, 5.41) is 17.8. The monoisotopic (exact) mass is 280 g/mol. The topological polar surface area (TPSA) is 82.3 Å². The highest BCUT2D eigenvalue weighted by Gasteiger charge is 2.21. The molecule has 6 nitrogen and oxygen atoms in total. The summed E-state index contributed by atoms with van der Waals surface area (Å²) < 4.78 is 1.67. The molecule has 0 saturated carbocycles. The molecule has 0 radical (unpaired) electrons. The Morgan fingerprint density at radius 2 is 2.19 bits per heavy atom. The molecular formula is C15H16N6. The van der Waals surface area contributed by atoms with Crippen molar-refractivity contribution in [3.63, 3.8) is 0 Å². The summed E-state index contributed by atoms with van der Waals surface area (Å²) in [6.45, 7) is 3.66. The Balaban J connectivity index is 2.15. The normalized spacial score (nSPS) is 11.5. The molecule has 2 N–H and O–H groups in total. The van der Waals surface area contributed by atoms with E-state index in [9.17, 15) is 5.26 Å². The van der Waals surface area contributed by atoms with Gasteiger partial charge in [0.1, 0.15) is 11.2 Å². The zero-order valence-corrected chi connectivity index (χ0v) is 12.2. The van der Waals surface area contributed by atoms with Gasteiger partial charge in [-0.05, 0) is 19.9 Å². The highest BCUT2D eigenvalue weighted by atomic mass is 15.3. The maximum Gasteiger partial charge on any atom is 0.143 e. The molecule has 0 aliphatic carbocycles. The van der Waals surface area contributed by atoms with Crippen LogP contribution in [0.2, 0.25) is 0 Å². The summed E-state index contributed by atoms with van der Waals surface area (Å²) >= 11 is 0. The highest BCUT2D eigenvalue weighted by Crippen LogP contribution is 2.33. The van der Waals surface area contributed by atoms with E-state index in [0.29, 0.717) is 0 Å². The maximum atomic E-state index is 9.20. The van der Waals surface area contributed by atoms with Gasteiger partial charge >= 0.3 is 0 Å². The summed E-state index contributed by atoms with van der Waals surface area (Å²) in [7, 11) is 1.88. The smallest absolute Gasteiger partial charge is 0.143 e. The first-order valence-corrected chi connectivity index (χ1v) is 6.67. The van der Waals surface area contributed by atoms with Gasteiger partial charge in [-0.2, -0.15) is 10.4 Å². The first kappa shape index (κ1) is 13.2. The Morgan fingerprint density at radius 3 is 2.90 bits per heavy atom. The van der Waals surface area contributed by atoms with Gasteiger partial charge < -0.3 is 10.3 Å². The van der Waals surface area contributed by atoms with Crippen LogP contribution in [0.3, 0.4) is 0 Å². The number of aromatic amines is 1. The Kier molecular flexibility index (Phi) is 2.91. The molecule has 0 aromatic carbocycles. The number of hydrogen-bond acceptors (Lipinski definition) is 4. The second-order valence-corrected chi connectivity index (χ2v) is 5.38. The van der Waals surface area contributed by atoms with Crippen LogP contribution in [0.4, 0.5) is 5.69 Å². The van der Waals surface area contributed by atoms with Crippen LogP contribution in [-0.2, 0) is 5.54 Å². The predicted octanol–water partition coefficient (Wildman–Crippen LogP) is 2.73. The van der Waals surface area contributed by atoms with E-state index in [0.717, 1.165) is 27.8 Å². The van der Waals surface area contributed by atoms with Gasteiger partial charge in [0, 0.05) is 42.2 Å². The Labute approximate surface area is 122 Å². The Hall–Kier alpha value is -2.81. The zero-order chi connectivity index (χ0) is 15.0. The first-order valence-electron chi connectivity index (χ1n) is 6.67. The molecule has 0 bridgehead atoms. The quantitative estimate of drug-likeness (QED) is 0.772. The largest absolute Gasteiger partial charge is 0.387 e. The highest BCUT2D eigenvalue weighted by molar-refractivity contribution is 5.97. The van der Waals surface area contributed by atoms with E-state index in [1.165, 1.54) is 0 Å². The summed E-state index contributed by atoms with van der Waals surface area (Å²) in [4.78, 5) is 7.52. The third kappa shape index (κ3) is 2.03. The van der Waals surface area contributed by atoms with Crippen LogP contribution in [0.25, 0.3) is 22.2 Å². The second-order valence-electron chi connectivity index (χ2n) is 5.38. The van der Waals surface area contributed by atoms with E-state index >= 15 is 0 Å². The fourth-order valence-corrected chi connectivity index (χ4v) is 2.31. The molecule has 106 valence electrons. The van der Waals surface area contributed by atoms with Gasteiger partial charge in [-0.1, -0.05) is 0 Å². The molecule has 0 atom stereocenters. The molecule has 0 spiro atoms. The van der Waals surface area contributed by atoms with Gasteiger partial charge in [-0.25, -0.2) is 4.98 Å². The zero-order valence-electron chi connectivity index (χ0n) is 12.2. The SMILES string of the molecule is CNc1c(-c2cnn(C(C)(C)C#N)c2)cnc2[nH]ccc12. The summed E-state index contributed by atoms with van der Waals surface area (Å²) in [6, 6.07) is 4.23. The van der Waals surface area contributed by atoms with Crippen molar-refractivity contribution in [2.75, 3.05) is 12.4 Å². The average Bonchev–Trinajstić information content (AvgIpc) is 3.14. The molecule has 0 aliphatic heterocycles. The third-order valence-electron chi connectivity index (χ3n) is 3.58.